The Kier molecular flexibility index (Phi) is 4.11. The minimum Gasteiger partial charge on any atom is -0.330 e. The molecule has 2 atom stereocenters. The second-order valence-corrected chi connectivity index (χ2v) is 6.79. The maximum Gasteiger partial charge on any atom is 0.0119 e. The first-order valence-electron chi connectivity index (χ1n) is 7.16. The molecule has 0 aromatic carbocycles. The predicted octanol–water partition coefficient (Wildman–Crippen LogP) is 1.53. The van der Waals surface area contributed by atoms with Gasteiger partial charge in [0.2, 0.25) is 0 Å². The van der Waals surface area contributed by atoms with Gasteiger partial charge in [-0.15, -0.1) is 0 Å². The number of nitrogens with two attached hydrogens (primary N) is 1. The van der Waals surface area contributed by atoms with E-state index in [0.717, 1.165) is 25.2 Å². The third-order valence-electron chi connectivity index (χ3n) is 4.65. The largest absolute Gasteiger partial charge is 0.330 e. The van der Waals surface area contributed by atoms with Crippen LogP contribution in [0.4, 0.5) is 0 Å². The topological polar surface area (TPSA) is 32.5 Å². The van der Waals surface area contributed by atoms with Crippen molar-refractivity contribution in [2.45, 2.75) is 51.6 Å². The molecule has 17 heavy (non-hydrogen) atoms. The molecular formula is C14H29N3. The van der Waals surface area contributed by atoms with Crippen LogP contribution in [-0.2, 0) is 0 Å². The maximum atomic E-state index is 5.83. The molecule has 3 heteroatoms. The fourth-order valence-corrected chi connectivity index (χ4v) is 3.47. The summed E-state index contributed by atoms with van der Waals surface area (Å²) in [6.45, 7) is 9.10. The van der Waals surface area contributed by atoms with Crippen molar-refractivity contribution in [2.24, 2.45) is 11.1 Å². The third-order valence-corrected chi connectivity index (χ3v) is 4.65. The lowest BCUT2D eigenvalue weighted by atomic mass is 9.90. The third kappa shape index (κ3) is 3.21. The standard InChI is InChI=1S/C14H29N3/c1-14(2,10-15)11-16(3)12-6-8-17-7-4-5-13(17)9-12/h12-13H,4-11,15H2,1-3H3. The molecule has 2 unspecified atom stereocenters. The molecule has 2 N–H and O–H groups in total. The van der Waals surface area contributed by atoms with Crippen LogP contribution < -0.4 is 5.73 Å². The molecule has 2 heterocycles. The summed E-state index contributed by atoms with van der Waals surface area (Å²) >= 11 is 0. The number of fused-ring (bicyclic) bond motifs is 1. The van der Waals surface area contributed by atoms with Crippen LogP contribution in [0.5, 0.6) is 0 Å². The molecule has 0 amide bonds. The molecule has 0 radical (unpaired) electrons. The molecule has 2 saturated heterocycles. The molecule has 0 aromatic rings. The highest BCUT2D eigenvalue weighted by molar-refractivity contribution is 4.90. The Labute approximate surface area is 106 Å². The molecule has 100 valence electrons. The van der Waals surface area contributed by atoms with E-state index < -0.39 is 0 Å². The summed E-state index contributed by atoms with van der Waals surface area (Å²) in [5.41, 5.74) is 6.09. The Bertz CT molecular complexity index is 252. The van der Waals surface area contributed by atoms with Crippen molar-refractivity contribution in [3.8, 4) is 0 Å². The first kappa shape index (κ1) is 13.3. The van der Waals surface area contributed by atoms with Gasteiger partial charge in [-0.1, -0.05) is 13.8 Å². The lowest BCUT2D eigenvalue weighted by Gasteiger charge is -2.41. The van der Waals surface area contributed by atoms with Gasteiger partial charge in [-0.05, 0) is 57.8 Å². The van der Waals surface area contributed by atoms with Gasteiger partial charge in [-0.25, -0.2) is 0 Å². The van der Waals surface area contributed by atoms with Gasteiger partial charge in [0.25, 0.3) is 0 Å². The van der Waals surface area contributed by atoms with Crippen molar-refractivity contribution >= 4 is 0 Å². The average molecular weight is 239 g/mol. The van der Waals surface area contributed by atoms with Crippen molar-refractivity contribution in [2.75, 3.05) is 33.2 Å². The normalized spacial score (nSPS) is 30.9. The fraction of sp³-hybridized carbons (Fsp3) is 1.00. The predicted molar refractivity (Wildman–Crippen MR) is 73.1 cm³/mol. The van der Waals surface area contributed by atoms with Gasteiger partial charge in [-0.3, -0.25) is 0 Å². The summed E-state index contributed by atoms with van der Waals surface area (Å²) in [5, 5.41) is 0. The second-order valence-electron chi connectivity index (χ2n) is 6.79. The Morgan fingerprint density at radius 3 is 2.76 bits per heavy atom. The van der Waals surface area contributed by atoms with Crippen molar-refractivity contribution in [1.82, 2.24) is 9.80 Å². The summed E-state index contributed by atoms with van der Waals surface area (Å²) in [7, 11) is 2.28. The quantitative estimate of drug-likeness (QED) is 0.807. The Balaban J connectivity index is 1.86. The number of hydrogen-bond donors (Lipinski definition) is 1. The maximum absolute atomic E-state index is 5.83. The van der Waals surface area contributed by atoms with Crippen molar-refractivity contribution in [1.29, 1.82) is 0 Å². The molecule has 0 spiro atoms. The van der Waals surface area contributed by atoms with Gasteiger partial charge in [0.05, 0.1) is 0 Å². The fourth-order valence-electron chi connectivity index (χ4n) is 3.47. The average Bonchev–Trinajstić information content (AvgIpc) is 2.75. The molecule has 2 fully saturated rings. The first-order chi connectivity index (χ1) is 8.02. The van der Waals surface area contributed by atoms with E-state index in [-0.39, 0.29) is 5.41 Å². The summed E-state index contributed by atoms with van der Waals surface area (Å²) in [6, 6.07) is 1.65. The van der Waals surface area contributed by atoms with Crippen LogP contribution in [0.3, 0.4) is 0 Å². The summed E-state index contributed by atoms with van der Waals surface area (Å²) in [6.07, 6.45) is 5.55. The van der Waals surface area contributed by atoms with Gasteiger partial charge in [0.1, 0.15) is 0 Å². The molecule has 0 saturated carbocycles. The van der Waals surface area contributed by atoms with Crippen LogP contribution >= 0.6 is 0 Å². The van der Waals surface area contributed by atoms with E-state index in [9.17, 15) is 0 Å². The van der Waals surface area contributed by atoms with E-state index in [1.807, 2.05) is 0 Å². The smallest absolute Gasteiger partial charge is 0.0119 e. The molecule has 0 aliphatic carbocycles. The number of rotatable bonds is 4. The van der Waals surface area contributed by atoms with E-state index in [1.54, 1.807) is 0 Å². The summed E-state index contributed by atoms with van der Waals surface area (Å²) in [4.78, 5) is 5.25. The van der Waals surface area contributed by atoms with Gasteiger partial charge < -0.3 is 15.5 Å². The van der Waals surface area contributed by atoms with Crippen LogP contribution in [0.25, 0.3) is 0 Å². The first-order valence-corrected chi connectivity index (χ1v) is 7.16. The van der Waals surface area contributed by atoms with Gasteiger partial charge in [0.15, 0.2) is 0 Å². The molecule has 0 bridgehead atoms. The lowest BCUT2D eigenvalue weighted by Crippen LogP contribution is -2.49. The van der Waals surface area contributed by atoms with E-state index in [4.69, 9.17) is 5.73 Å². The molecule has 3 nitrogen and oxygen atoms in total. The van der Waals surface area contributed by atoms with E-state index in [0.29, 0.717) is 0 Å². The zero-order valence-corrected chi connectivity index (χ0v) is 11.8. The molecule has 0 aromatic heterocycles. The molecule has 2 aliphatic heterocycles. The Hall–Kier alpha value is -0.120. The lowest BCUT2D eigenvalue weighted by molar-refractivity contribution is 0.0811. The number of nitrogens with zero attached hydrogens (tertiary/aromatic N) is 2. The number of hydrogen-bond acceptors (Lipinski definition) is 3. The van der Waals surface area contributed by atoms with Crippen LogP contribution in [0.15, 0.2) is 0 Å². The molecule has 2 rings (SSSR count). The van der Waals surface area contributed by atoms with E-state index in [1.165, 1.54) is 38.8 Å². The second kappa shape index (κ2) is 5.25. The number of piperidine rings is 1. The highest BCUT2D eigenvalue weighted by atomic mass is 15.2. The van der Waals surface area contributed by atoms with Crippen molar-refractivity contribution < 1.29 is 0 Å². The minimum absolute atomic E-state index is 0.252. The van der Waals surface area contributed by atoms with Gasteiger partial charge in [0, 0.05) is 18.6 Å². The Morgan fingerprint density at radius 1 is 1.29 bits per heavy atom. The Morgan fingerprint density at radius 2 is 2.06 bits per heavy atom. The summed E-state index contributed by atoms with van der Waals surface area (Å²) in [5.74, 6) is 0. The van der Waals surface area contributed by atoms with E-state index >= 15 is 0 Å². The van der Waals surface area contributed by atoms with Crippen molar-refractivity contribution in [3.05, 3.63) is 0 Å². The highest BCUT2D eigenvalue weighted by Crippen LogP contribution is 2.30. The van der Waals surface area contributed by atoms with Crippen LogP contribution in [0.2, 0.25) is 0 Å². The van der Waals surface area contributed by atoms with Gasteiger partial charge >= 0.3 is 0 Å². The monoisotopic (exact) mass is 239 g/mol. The van der Waals surface area contributed by atoms with Crippen LogP contribution in [0.1, 0.15) is 39.5 Å². The zero-order chi connectivity index (χ0) is 12.5. The van der Waals surface area contributed by atoms with Gasteiger partial charge in [-0.2, -0.15) is 0 Å². The molecule has 2 aliphatic rings. The summed E-state index contributed by atoms with van der Waals surface area (Å²) < 4.78 is 0. The SMILES string of the molecule is CN(CC(C)(C)CN)C1CCN2CCCC2C1. The van der Waals surface area contributed by atoms with Crippen LogP contribution in [-0.4, -0.2) is 55.1 Å². The highest BCUT2D eigenvalue weighted by Gasteiger charge is 2.34. The zero-order valence-electron chi connectivity index (χ0n) is 11.8. The van der Waals surface area contributed by atoms with E-state index in [2.05, 4.69) is 30.7 Å². The van der Waals surface area contributed by atoms with Crippen LogP contribution in [0, 0.1) is 5.41 Å². The van der Waals surface area contributed by atoms with Crippen molar-refractivity contribution in [3.63, 3.8) is 0 Å². The molecular weight excluding hydrogens is 210 g/mol. The minimum atomic E-state index is 0.252.